The first-order valence-electron chi connectivity index (χ1n) is 8.60. The van der Waals surface area contributed by atoms with Crippen molar-refractivity contribution in [2.24, 2.45) is 0 Å². The molecule has 1 amide bonds. The smallest absolute Gasteiger partial charge is 0.300 e. The molecule has 1 aromatic heterocycles. The topological polar surface area (TPSA) is 70.5 Å². The van der Waals surface area contributed by atoms with Gasteiger partial charge in [0.2, 0.25) is 0 Å². The Balaban J connectivity index is 1.95. The molecule has 1 aliphatic rings. The lowest BCUT2D eigenvalue weighted by Gasteiger charge is -2.25. The van der Waals surface area contributed by atoms with Gasteiger partial charge in [-0.3, -0.25) is 19.5 Å². The van der Waals surface area contributed by atoms with E-state index in [0.717, 1.165) is 0 Å². The number of anilines is 1. The molecular formula is C22H15FN2O3. The number of benzene rings is 2. The van der Waals surface area contributed by atoms with Crippen molar-refractivity contribution in [1.29, 1.82) is 0 Å². The molecule has 5 nitrogen and oxygen atoms in total. The number of rotatable bonds is 3. The van der Waals surface area contributed by atoms with E-state index in [1.54, 1.807) is 54.7 Å². The third kappa shape index (κ3) is 2.95. The van der Waals surface area contributed by atoms with E-state index >= 15 is 0 Å². The summed E-state index contributed by atoms with van der Waals surface area (Å²) in [6.45, 7) is 0. The minimum atomic E-state index is -0.921. The van der Waals surface area contributed by atoms with Gasteiger partial charge >= 0.3 is 0 Å². The Bertz CT molecular complexity index is 1080. The maximum atomic E-state index is 13.8. The van der Waals surface area contributed by atoms with Crippen LogP contribution in [0.2, 0.25) is 0 Å². The van der Waals surface area contributed by atoms with Crippen molar-refractivity contribution in [1.82, 2.24) is 4.98 Å². The monoisotopic (exact) mass is 374 g/mol. The van der Waals surface area contributed by atoms with E-state index in [-0.39, 0.29) is 17.0 Å². The maximum Gasteiger partial charge on any atom is 0.300 e. The predicted octanol–water partition coefficient (Wildman–Crippen LogP) is 3.85. The van der Waals surface area contributed by atoms with Crippen molar-refractivity contribution in [2.45, 2.75) is 6.04 Å². The first-order chi connectivity index (χ1) is 13.6. The van der Waals surface area contributed by atoms with Gasteiger partial charge in [-0.1, -0.05) is 42.5 Å². The fourth-order valence-corrected chi connectivity index (χ4v) is 3.33. The quantitative estimate of drug-likeness (QED) is 0.430. The van der Waals surface area contributed by atoms with Crippen molar-refractivity contribution in [3.63, 3.8) is 0 Å². The second-order valence-corrected chi connectivity index (χ2v) is 6.30. The number of Topliss-reactive ketones (excluding diaryl/α,β-unsaturated/α-hetero) is 1. The maximum absolute atomic E-state index is 13.8. The van der Waals surface area contributed by atoms with Gasteiger partial charge in [-0.25, -0.2) is 4.39 Å². The van der Waals surface area contributed by atoms with Crippen molar-refractivity contribution in [3.05, 3.63) is 102 Å². The van der Waals surface area contributed by atoms with Crippen molar-refractivity contribution in [2.75, 3.05) is 4.90 Å². The molecule has 28 heavy (non-hydrogen) atoms. The van der Waals surface area contributed by atoms with Gasteiger partial charge in [-0.2, -0.15) is 0 Å². The van der Waals surface area contributed by atoms with Crippen LogP contribution in [0, 0.1) is 5.82 Å². The summed E-state index contributed by atoms with van der Waals surface area (Å²) in [6.07, 6.45) is 3.08. The predicted molar refractivity (Wildman–Crippen MR) is 102 cm³/mol. The van der Waals surface area contributed by atoms with E-state index in [2.05, 4.69) is 4.98 Å². The zero-order valence-electron chi connectivity index (χ0n) is 14.6. The molecule has 1 unspecified atom stereocenters. The van der Waals surface area contributed by atoms with Crippen LogP contribution in [0.3, 0.4) is 0 Å². The second-order valence-electron chi connectivity index (χ2n) is 6.30. The van der Waals surface area contributed by atoms with E-state index in [0.29, 0.717) is 11.1 Å². The summed E-state index contributed by atoms with van der Waals surface area (Å²) in [7, 11) is 0. The van der Waals surface area contributed by atoms with Gasteiger partial charge in [0, 0.05) is 23.6 Å². The summed E-state index contributed by atoms with van der Waals surface area (Å²) in [5.41, 5.74) is 1.11. The highest BCUT2D eigenvalue weighted by atomic mass is 19.1. The summed E-state index contributed by atoms with van der Waals surface area (Å²) in [5.74, 6) is -2.49. The molecule has 1 aliphatic heterocycles. The number of aromatic nitrogens is 1. The number of nitrogens with zero attached hydrogens (tertiary/aromatic N) is 2. The van der Waals surface area contributed by atoms with Crippen LogP contribution in [0.15, 0.2) is 84.7 Å². The zero-order valence-corrected chi connectivity index (χ0v) is 14.6. The first kappa shape index (κ1) is 17.6. The molecule has 1 N–H and O–H groups in total. The highest BCUT2D eigenvalue weighted by Gasteiger charge is 2.47. The molecular weight excluding hydrogens is 359 g/mol. The van der Waals surface area contributed by atoms with Crippen LogP contribution in [0.1, 0.15) is 17.2 Å². The highest BCUT2D eigenvalue weighted by Crippen LogP contribution is 2.41. The summed E-state index contributed by atoms with van der Waals surface area (Å²) in [5, 5.41) is 10.8. The number of aliphatic hydroxyl groups is 1. The third-order valence-electron chi connectivity index (χ3n) is 4.58. The molecule has 6 heteroatoms. The molecule has 0 bridgehead atoms. The van der Waals surface area contributed by atoms with E-state index in [4.69, 9.17) is 0 Å². The molecule has 0 spiro atoms. The van der Waals surface area contributed by atoms with Gasteiger partial charge in [0.1, 0.15) is 11.6 Å². The number of halogens is 1. The first-order valence-corrected chi connectivity index (χ1v) is 8.60. The summed E-state index contributed by atoms with van der Waals surface area (Å²) in [6, 6.07) is 16.4. The normalized spacial score (nSPS) is 18.5. The van der Waals surface area contributed by atoms with Crippen LogP contribution in [0.5, 0.6) is 0 Å². The standard InChI is InChI=1S/C22H15FN2O3/c23-16-9-4-10-17(12-16)25-19(15-8-5-11-24-13-15)18(21(27)22(25)28)20(26)14-6-2-1-3-7-14/h1-13,19,26H/b20-18+. The lowest BCUT2D eigenvalue weighted by atomic mass is 9.96. The SMILES string of the molecule is O=C1C(=O)N(c2cccc(F)c2)C(c2cccnc2)/C1=C(\O)c1ccccc1. The largest absolute Gasteiger partial charge is 0.507 e. The molecule has 0 aliphatic carbocycles. The van der Waals surface area contributed by atoms with Gasteiger partial charge in [-0.05, 0) is 29.8 Å². The Hall–Kier alpha value is -3.80. The molecule has 1 atom stereocenters. The molecule has 0 saturated carbocycles. The highest BCUT2D eigenvalue weighted by molar-refractivity contribution is 6.51. The van der Waals surface area contributed by atoms with Gasteiger partial charge in [0.15, 0.2) is 0 Å². The lowest BCUT2D eigenvalue weighted by Crippen LogP contribution is -2.29. The van der Waals surface area contributed by atoms with Gasteiger partial charge in [0.05, 0.1) is 11.6 Å². The van der Waals surface area contributed by atoms with Crippen LogP contribution in [-0.4, -0.2) is 21.8 Å². The fraction of sp³-hybridized carbons (Fsp3) is 0.0455. The molecule has 2 heterocycles. The Labute approximate surface area is 160 Å². The van der Waals surface area contributed by atoms with Crippen LogP contribution >= 0.6 is 0 Å². The molecule has 2 aromatic carbocycles. The summed E-state index contributed by atoms with van der Waals surface area (Å²) < 4.78 is 13.8. The number of carbonyl (C=O) groups is 2. The number of pyridine rings is 1. The number of carbonyl (C=O) groups excluding carboxylic acids is 2. The summed E-state index contributed by atoms with van der Waals surface area (Å²) in [4.78, 5) is 30.9. The average molecular weight is 374 g/mol. The number of hydrogen-bond donors (Lipinski definition) is 1. The van der Waals surface area contributed by atoms with E-state index in [9.17, 15) is 19.1 Å². The molecule has 0 radical (unpaired) electrons. The molecule has 1 fully saturated rings. The van der Waals surface area contributed by atoms with E-state index in [1.807, 2.05) is 0 Å². The van der Waals surface area contributed by atoms with Gasteiger partial charge < -0.3 is 5.11 Å². The lowest BCUT2D eigenvalue weighted by molar-refractivity contribution is -0.132. The minimum Gasteiger partial charge on any atom is -0.507 e. The van der Waals surface area contributed by atoms with Crippen LogP contribution in [-0.2, 0) is 9.59 Å². The Kier molecular flexibility index (Phi) is 4.45. The molecule has 3 aromatic rings. The Morgan fingerprint density at radius 3 is 2.46 bits per heavy atom. The van der Waals surface area contributed by atoms with Crippen LogP contribution in [0.25, 0.3) is 5.76 Å². The van der Waals surface area contributed by atoms with E-state index < -0.39 is 23.5 Å². The average Bonchev–Trinajstić information content (AvgIpc) is 3.00. The van der Waals surface area contributed by atoms with Crippen LogP contribution in [0.4, 0.5) is 10.1 Å². The number of ketones is 1. The van der Waals surface area contributed by atoms with Gasteiger partial charge in [-0.15, -0.1) is 0 Å². The zero-order chi connectivity index (χ0) is 19.7. The molecule has 4 rings (SSSR count). The van der Waals surface area contributed by atoms with Crippen LogP contribution < -0.4 is 4.90 Å². The Morgan fingerprint density at radius 1 is 1.00 bits per heavy atom. The molecule has 1 saturated heterocycles. The number of hydrogen-bond acceptors (Lipinski definition) is 4. The van der Waals surface area contributed by atoms with Crippen molar-refractivity contribution in [3.8, 4) is 0 Å². The van der Waals surface area contributed by atoms with Crippen molar-refractivity contribution < 1.29 is 19.1 Å². The Morgan fingerprint density at radius 2 is 1.79 bits per heavy atom. The molecule has 138 valence electrons. The summed E-state index contributed by atoms with van der Waals surface area (Å²) >= 11 is 0. The van der Waals surface area contributed by atoms with Gasteiger partial charge in [0.25, 0.3) is 11.7 Å². The minimum absolute atomic E-state index is 0.0616. The van der Waals surface area contributed by atoms with Crippen molar-refractivity contribution >= 4 is 23.1 Å². The number of aliphatic hydroxyl groups excluding tert-OH is 1. The van der Waals surface area contributed by atoms with E-state index in [1.165, 1.54) is 29.3 Å². The fourth-order valence-electron chi connectivity index (χ4n) is 3.33. The third-order valence-corrected chi connectivity index (χ3v) is 4.58. The second kappa shape index (κ2) is 7.08. The number of amides is 1.